The number of hydrogen-bond donors (Lipinski definition) is 1. The van der Waals surface area contributed by atoms with Crippen LogP contribution in [-0.2, 0) is 0 Å². The van der Waals surface area contributed by atoms with Crippen LogP contribution in [-0.4, -0.2) is 37.1 Å². The fraction of sp³-hybridized carbons (Fsp3) is 1.00. The molecule has 0 aliphatic carbocycles. The highest BCUT2D eigenvalue weighted by molar-refractivity contribution is 4.77. The Morgan fingerprint density at radius 3 is 2.83 bits per heavy atom. The molecule has 0 saturated carbocycles. The summed E-state index contributed by atoms with van der Waals surface area (Å²) in [6.07, 6.45) is 1.26. The van der Waals surface area contributed by atoms with Crippen molar-refractivity contribution in [3.8, 4) is 0 Å². The highest BCUT2D eigenvalue weighted by Gasteiger charge is 2.17. The van der Waals surface area contributed by atoms with Crippen LogP contribution in [0.2, 0.25) is 0 Å². The number of hydrogen-bond acceptors (Lipinski definition) is 2. The van der Waals surface area contributed by atoms with Gasteiger partial charge in [0.1, 0.15) is 0 Å². The molecule has 0 aromatic heterocycles. The van der Waals surface area contributed by atoms with Gasteiger partial charge in [0, 0.05) is 32.2 Å². The summed E-state index contributed by atoms with van der Waals surface area (Å²) in [5, 5.41) is 3.53. The SMILES string of the molecule is CC[C@H]1CN(CC(C)C)CCN1. The number of piperazine rings is 1. The molecule has 0 bridgehead atoms. The van der Waals surface area contributed by atoms with Crippen LogP contribution in [0.1, 0.15) is 27.2 Å². The monoisotopic (exact) mass is 170 g/mol. The van der Waals surface area contributed by atoms with Gasteiger partial charge in [-0.05, 0) is 12.3 Å². The minimum absolute atomic E-state index is 0.734. The van der Waals surface area contributed by atoms with Gasteiger partial charge in [0.15, 0.2) is 0 Å². The average molecular weight is 170 g/mol. The Morgan fingerprint density at radius 2 is 2.25 bits per heavy atom. The lowest BCUT2D eigenvalue weighted by molar-refractivity contribution is 0.179. The Kier molecular flexibility index (Phi) is 4.02. The van der Waals surface area contributed by atoms with E-state index in [1.54, 1.807) is 0 Å². The van der Waals surface area contributed by atoms with Gasteiger partial charge in [0.2, 0.25) is 0 Å². The summed E-state index contributed by atoms with van der Waals surface area (Å²) in [4.78, 5) is 2.58. The molecular weight excluding hydrogens is 148 g/mol. The van der Waals surface area contributed by atoms with Crippen LogP contribution >= 0.6 is 0 Å². The van der Waals surface area contributed by atoms with Gasteiger partial charge >= 0.3 is 0 Å². The molecule has 1 aliphatic heterocycles. The Hall–Kier alpha value is -0.0800. The van der Waals surface area contributed by atoms with E-state index in [1.165, 1.54) is 32.6 Å². The first-order chi connectivity index (χ1) is 5.72. The van der Waals surface area contributed by atoms with Crippen molar-refractivity contribution in [2.75, 3.05) is 26.2 Å². The van der Waals surface area contributed by atoms with Gasteiger partial charge in [-0.3, -0.25) is 0 Å². The van der Waals surface area contributed by atoms with Gasteiger partial charge in [0.05, 0.1) is 0 Å². The predicted octanol–water partition coefficient (Wildman–Crippen LogP) is 1.33. The lowest BCUT2D eigenvalue weighted by atomic mass is 10.1. The Labute approximate surface area is 76.3 Å². The molecule has 1 rings (SSSR count). The molecule has 0 unspecified atom stereocenters. The van der Waals surface area contributed by atoms with Gasteiger partial charge in [-0.15, -0.1) is 0 Å². The van der Waals surface area contributed by atoms with Crippen molar-refractivity contribution in [3.63, 3.8) is 0 Å². The third-order valence-electron chi connectivity index (χ3n) is 2.46. The first-order valence-corrected chi connectivity index (χ1v) is 5.18. The number of nitrogens with one attached hydrogen (secondary N) is 1. The van der Waals surface area contributed by atoms with Crippen LogP contribution in [0.5, 0.6) is 0 Å². The van der Waals surface area contributed by atoms with Gasteiger partial charge < -0.3 is 10.2 Å². The van der Waals surface area contributed by atoms with Crippen molar-refractivity contribution in [1.29, 1.82) is 0 Å². The van der Waals surface area contributed by atoms with Crippen molar-refractivity contribution >= 4 is 0 Å². The minimum atomic E-state index is 0.734. The largest absolute Gasteiger partial charge is 0.311 e. The molecule has 0 radical (unpaired) electrons. The summed E-state index contributed by atoms with van der Waals surface area (Å²) >= 11 is 0. The van der Waals surface area contributed by atoms with Crippen molar-refractivity contribution in [2.45, 2.75) is 33.2 Å². The third kappa shape index (κ3) is 3.11. The van der Waals surface area contributed by atoms with Crippen LogP contribution in [0.15, 0.2) is 0 Å². The molecule has 1 aliphatic rings. The van der Waals surface area contributed by atoms with E-state index >= 15 is 0 Å². The quantitative estimate of drug-likeness (QED) is 0.687. The fourth-order valence-electron chi connectivity index (χ4n) is 1.85. The van der Waals surface area contributed by atoms with E-state index in [4.69, 9.17) is 0 Å². The maximum absolute atomic E-state index is 3.53. The standard InChI is InChI=1S/C10H22N2/c1-4-10-8-12(6-5-11-10)7-9(2)3/h9-11H,4-8H2,1-3H3/t10-/m0/s1. The van der Waals surface area contributed by atoms with E-state index in [0.29, 0.717) is 0 Å². The summed E-state index contributed by atoms with van der Waals surface area (Å²) in [7, 11) is 0. The zero-order chi connectivity index (χ0) is 8.97. The number of nitrogens with zero attached hydrogens (tertiary/aromatic N) is 1. The van der Waals surface area contributed by atoms with Gasteiger partial charge in [-0.1, -0.05) is 20.8 Å². The first-order valence-electron chi connectivity index (χ1n) is 5.18. The fourth-order valence-corrected chi connectivity index (χ4v) is 1.85. The van der Waals surface area contributed by atoms with Crippen LogP contribution in [0, 0.1) is 5.92 Å². The molecular formula is C10H22N2. The van der Waals surface area contributed by atoms with Crippen molar-refractivity contribution < 1.29 is 0 Å². The van der Waals surface area contributed by atoms with E-state index in [2.05, 4.69) is 31.0 Å². The third-order valence-corrected chi connectivity index (χ3v) is 2.46. The topological polar surface area (TPSA) is 15.3 Å². The van der Waals surface area contributed by atoms with Crippen LogP contribution in [0.25, 0.3) is 0 Å². The Balaban J connectivity index is 2.25. The molecule has 0 spiro atoms. The summed E-state index contributed by atoms with van der Waals surface area (Å²) in [5.74, 6) is 0.806. The maximum atomic E-state index is 3.53. The van der Waals surface area contributed by atoms with Gasteiger partial charge in [0.25, 0.3) is 0 Å². The first kappa shape index (κ1) is 10.0. The molecule has 1 saturated heterocycles. The molecule has 1 N–H and O–H groups in total. The molecule has 0 amide bonds. The van der Waals surface area contributed by atoms with Crippen molar-refractivity contribution in [2.24, 2.45) is 5.92 Å². The maximum Gasteiger partial charge on any atom is 0.0192 e. The van der Waals surface area contributed by atoms with Crippen molar-refractivity contribution in [3.05, 3.63) is 0 Å². The molecule has 0 aromatic rings. The molecule has 1 heterocycles. The highest BCUT2D eigenvalue weighted by Crippen LogP contribution is 2.05. The number of rotatable bonds is 3. The zero-order valence-corrected chi connectivity index (χ0v) is 8.64. The van der Waals surface area contributed by atoms with E-state index < -0.39 is 0 Å². The van der Waals surface area contributed by atoms with Crippen LogP contribution < -0.4 is 5.32 Å². The summed E-state index contributed by atoms with van der Waals surface area (Å²) in [6, 6.07) is 0.734. The molecule has 72 valence electrons. The summed E-state index contributed by atoms with van der Waals surface area (Å²) < 4.78 is 0. The van der Waals surface area contributed by atoms with E-state index in [-0.39, 0.29) is 0 Å². The zero-order valence-electron chi connectivity index (χ0n) is 8.64. The summed E-state index contributed by atoms with van der Waals surface area (Å²) in [6.45, 7) is 11.8. The Morgan fingerprint density at radius 1 is 1.50 bits per heavy atom. The lowest BCUT2D eigenvalue weighted by Crippen LogP contribution is -2.51. The molecule has 2 nitrogen and oxygen atoms in total. The molecule has 2 heteroatoms. The summed E-state index contributed by atoms with van der Waals surface area (Å²) in [5.41, 5.74) is 0. The Bertz CT molecular complexity index is 123. The second-order valence-electron chi connectivity index (χ2n) is 4.21. The van der Waals surface area contributed by atoms with Crippen LogP contribution in [0.4, 0.5) is 0 Å². The lowest BCUT2D eigenvalue weighted by Gasteiger charge is -2.34. The van der Waals surface area contributed by atoms with Crippen LogP contribution in [0.3, 0.4) is 0 Å². The molecule has 12 heavy (non-hydrogen) atoms. The van der Waals surface area contributed by atoms with Gasteiger partial charge in [-0.2, -0.15) is 0 Å². The average Bonchev–Trinajstić information content (AvgIpc) is 2.03. The second kappa shape index (κ2) is 4.83. The smallest absolute Gasteiger partial charge is 0.0192 e. The van der Waals surface area contributed by atoms with Gasteiger partial charge in [-0.25, -0.2) is 0 Å². The predicted molar refractivity (Wildman–Crippen MR) is 53.4 cm³/mol. The molecule has 1 atom stereocenters. The van der Waals surface area contributed by atoms with Crippen molar-refractivity contribution in [1.82, 2.24) is 10.2 Å². The van der Waals surface area contributed by atoms with E-state index in [1.807, 2.05) is 0 Å². The molecule has 0 aromatic carbocycles. The van der Waals surface area contributed by atoms with E-state index in [9.17, 15) is 0 Å². The second-order valence-corrected chi connectivity index (χ2v) is 4.21. The molecule has 1 fully saturated rings. The van der Waals surface area contributed by atoms with E-state index in [0.717, 1.165) is 12.0 Å². The highest BCUT2D eigenvalue weighted by atomic mass is 15.2. The minimum Gasteiger partial charge on any atom is -0.311 e. The normalized spacial score (nSPS) is 26.5.